The number of hydrazone groups is 1. The topological polar surface area (TPSA) is 110 Å². The smallest absolute Gasteiger partial charge is 0.267 e. The van der Waals surface area contributed by atoms with Crippen molar-refractivity contribution >= 4 is 23.2 Å². The van der Waals surface area contributed by atoms with Gasteiger partial charge in [0.25, 0.3) is 5.91 Å². The number of ether oxygens (including phenoxy) is 1. The highest BCUT2D eigenvalue weighted by molar-refractivity contribution is 6.40. The van der Waals surface area contributed by atoms with Crippen molar-refractivity contribution in [3.8, 4) is 5.88 Å². The molecule has 1 unspecified atom stereocenters. The zero-order valence-electron chi connectivity index (χ0n) is 17.3. The number of rotatable bonds is 8. The van der Waals surface area contributed by atoms with Gasteiger partial charge in [-0.15, -0.1) is 0 Å². The lowest BCUT2D eigenvalue weighted by molar-refractivity contribution is -0.119. The summed E-state index contributed by atoms with van der Waals surface area (Å²) in [5.41, 5.74) is 8.37. The molecule has 2 amide bonds. The van der Waals surface area contributed by atoms with Crippen molar-refractivity contribution in [1.82, 2.24) is 10.3 Å². The Morgan fingerprint density at radius 3 is 2.47 bits per heavy atom. The number of primary amides is 1. The lowest BCUT2D eigenvalue weighted by Crippen LogP contribution is -2.39. The lowest BCUT2D eigenvalue weighted by Gasteiger charge is -2.20. The van der Waals surface area contributed by atoms with Crippen molar-refractivity contribution < 1.29 is 14.3 Å². The van der Waals surface area contributed by atoms with Crippen LogP contribution in [0.15, 0.2) is 84.1 Å². The number of anilines is 1. The van der Waals surface area contributed by atoms with Crippen LogP contribution in [0.3, 0.4) is 0 Å². The van der Waals surface area contributed by atoms with E-state index in [1.807, 2.05) is 60.7 Å². The number of amides is 2. The van der Waals surface area contributed by atoms with E-state index in [4.69, 9.17) is 10.5 Å². The Hall–Kier alpha value is -4.20. The molecule has 0 fully saturated rings. The molecule has 4 rings (SSSR count). The van der Waals surface area contributed by atoms with Gasteiger partial charge in [-0.25, -0.2) is 4.98 Å². The summed E-state index contributed by atoms with van der Waals surface area (Å²) in [6, 6.07) is 21.8. The first-order valence-corrected chi connectivity index (χ1v) is 10.2. The van der Waals surface area contributed by atoms with Gasteiger partial charge in [-0.1, -0.05) is 48.5 Å². The van der Waals surface area contributed by atoms with Gasteiger partial charge < -0.3 is 15.8 Å². The minimum Gasteiger partial charge on any atom is -0.473 e. The molecular weight excluding hydrogens is 406 g/mol. The van der Waals surface area contributed by atoms with E-state index in [0.29, 0.717) is 18.2 Å². The van der Waals surface area contributed by atoms with Gasteiger partial charge in [0.15, 0.2) is 0 Å². The van der Waals surface area contributed by atoms with E-state index < -0.39 is 11.9 Å². The molecule has 1 aliphatic heterocycles. The molecule has 8 heteroatoms. The quantitative estimate of drug-likeness (QED) is 0.571. The Bertz CT molecular complexity index is 1120. The number of nitrogens with two attached hydrogens (primary N) is 1. The molecule has 1 aromatic heterocycles. The maximum Gasteiger partial charge on any atom is 0.267 e. The van der Waals surface area contributed by atoms with Crippen LogP contribution in [-0.4, -0.2) is 28.6 Å². The number of nitrogens with zero attached hydrogens (tertiary/aromatic N) is 3. The third-order valence-corrected chi connectivity index (χ3v) is 5.00. The molecular formula is C24H23N5O3. The van der Waals surface area contributed by atoms with Crippen molar-refractivity contribution in [3.05, 3.63) is 90.1 Å². The molecule has 8 nitrogen and oxygen atoms in total. The van der Waals surface area contributed by atoms with Crippen LogP contribution >= 0.6 is 0 Å². The third kappa shape index (κ3) is 5.10. The van der Waals surface area contributed by atoms with Crippen LogP contribution in [0.25, 0.3) is 0 Å². The number of aromatic nitrogens is 1. The van der Waals surface area contributed by atoms with Crippen LogP contribution < -0.4 is 20.8 Å². The van der Waals surface area contributed by atoms with Gasteiger partial charge in [0, 0.05) is 25.2 Å². The van der Waals surface area contributed by atoms with Gasteiger partial charge in [-0.2, -0.15) is 5.10 Å². The molecule has 3 N–H and O–H groups in total. The number of pyridine rings is 1. The summed E-state index contributed by atoms with van der Waals surface area (Å²) in [5, 5.41) is 8.69. The number of para-hydroxylation sites is 1. The molecule has 1 atom stereocenters. The second-order valence-corrected chi connectivity index (χ2v) is 7.31. The van der Waals surface area contributed by atoms with E-state index >= 15 is 0 Å². The molecule has 0 saturated carbocycles. The summed E-state index contributed by atoms with van der Waals surface area (Å²) in [4.78, 5) is 28.8. The number of carbonyl (C=O) groups is 2. The predicted molar refractivity (Wildman–Crippen MR) is 121 cm³/mol. The molecule has 2 aromatic carbocycles. The monoisotopic (exact) mass is 429 g/mol. The summed E-state index contributed by atoms with van der Waals surface area (Å²) < 4.78 is 5.74. The minimum absolute atomic E-state index is 0.151. The van der Waals surface area contributed by atoms with Gasteiger partial charge in [0.05, 0.1) is 5.69 Å². The molecule has 0 radical (unpaired) electrons. The van der Waals surface area contributed by atoms with Gasteiger partial charge >= 0.3 is 0 Å². The van der Waals surface area contributed by atoms with Crippen molar-refractivity contribution in [1.29, 1.82) is 0 Å². The zero-order valence-corrected chi connectivity index (χ0v) is 17.3. The second kappa shape index (κ2) is 9.74. The molecule has 2 heterocycles. The Balaban J connectivity index is 1.37. The molecule has 0 bridgehead atoms. The third-order valence-electron chi connectivity index (χ3n) is 5.00. The van der Waals surface area contributed by atoms with Gasteiger partial charge in [-0.3, -0.25) is 14.6 Å². The molecule has 0 saturated heterocycles. The maximum atomic E-state index is 12.7. The van der Waals surface area contributed by atoms with Gasteiger partial charge in [0.2, 0.25) is 11.8 Å². The average molecular weight is 429 g/mol. The Labute approximate surface area is 185 Å². The molecule has 162 valence electrons. The number of benzene rings is 2. The first-order valence-electron chi connectivity index (χ1n) is 10.2. The Morgan fingerprint density at radius 1 is 1.03 bits per heavy atom. The fraction of sp³-hybridized carbons (Fsp3) is 0.167. The first-order chi connectivity index (χ1) is 15.6. The number of hydrogen-bond acceptors (Lipinski definition) is 6. The molecule has 0 aliphatic carbocycles. The Morgan fingerprint density at radius 2 is 1.75 bits per heavy atom. The van der Waals surface area contributed by atoms with Crippen molar-refractivity contribution in [2.45, 2.75) is 25.6 Å². The van der Waals surface area contributed by atoms with Crippen LogP contribution in [0.1, 0.15) is 17.5 Å². The van der Waals surface area contributed by atoms with Crippen molar-refractivity contribution in [2.24, 2.45) is 10.8 Å². The summed E-state index contributed by atoms with van der Waals surface area (Å²) in [6.07, 6.45) is 1.78. The van der Waals surface area contributed by atoms with Gasteiger partial charge in [-0.05, 0) is 29.3 Å². The van der Waals surface area contributed by atoms with Crippen molar-refractivity contribution in [3.63, 3.8) is 0 Å². The average Bonchev–Trinajstić information content (AvgIpc) is 3.29. The highest BCUT2D eigenvalue weighted by atomic mass is 16.5. The summed E-state index contributed by atoms with van der Waals surface area (Å²) in [7, 11) is 0. The van der Waals surface area contributed by atoms with Gasteiger partial charge in [0.1, 0.15) is 18.4 Å². The maximum absolute atomic E-state index is 12.7. The lowest BCUT2D eigenvalue weighted by atomic mass is 10.1. The van der Waals surface area contributed by atoms with Crippen LogP contribution in [0.4, 0.5) is 5.69 Å². The van der Waals surface area contributed by atoms with E-state index in [-0.39, 0.29) is 24.6 Å². The van der Waals surface area contributed by atoms with Crippen LogP contribution in [-0.2, 0) is 22.7 Å². The molecule has 1 aliphatic rings. The van der Waals surface area contributed by atoms with Crippen LogP contribution in [0.2, 0.25) is 0 Å². The highest BCUT2D eigenvalue weighted by Crippen LogP contribution is 2.24. The molecule has 32 heavy (non-hydrogen) atoms. The fourth-order valence-electron chi connectivity index (χ4n) is 3.34. The van der Waals surface area contributed by atoms with Crippen LogP contribution in [0.5, 0.6) is 5.88 Å². The second-order valence-electron chi connectivity index (χ2n) is 7.31. The number of carbonyl (C=O) groups excluding carboxylic acids is 2. The minimum atomic E-state index is -0.697. The predicted octanol–water partition coefficient (Wildman–Crippen LogP) is 2.40. The fourth-order valence-corrected chi connectivity index (χ4v) is 3.34. The molecule has 3 aromatic rings. The summed E-state index contributed by atoms with van der Waals surface area (Å²) in [5.74, 6) is -0.407. The summed E-state index contributed by atoms with van der Waals surface area (Å²) in [6.45, 7) is 0.679. The number of nitrogens with one attached hydrogen (secondary N) is 1. The SMILES string of the molecule is NC(=O)C1CC(C(=O)NCc2ccnc(OCc3ccccc3)c2)=NN1c1ccccc1. The normalized spacial score (nSPS) is 15.2. The largest absolute Gasteiger partial charge is 0.473 e. The van der Waals surface area contributed by atoms with E-state index in [2.05, 4.69) is 15.4 Å². The summed E-state index contributed by atoms with van der Waals surface area (Å²) >= 11 is 0. The van der Waals surface area contributed by atoms with E-state index in [0.717, 1.165) is 11.1 Å². The standard InChI is InChI=1S/C24H23N5O3/c25-23(30)21-14-20(28-29(21)19-9-5-2-6-10-19)24(31)27-15-18-11-12-26-22(13-18)32-16-17-7-3-1-4-8-17/h1-13,21H,14-16H2,(H2,25,30)(H,27,31). The first kappa shape index (κ1) is 21.0. The number of hydrogen-bond donors (Lipinski definition) is 2. The molecule has 0 spiro atoms. The van der Waals surface area contributed by atoms with Crippen LogP contribution in [0, 0.1) is 0 Å². The zero-order chi connectivity index (χ0) is 22.3. The van der Waals surface area contributed by atoms with Crippen molar-refractivity contribution in [2.75, 3.05) is 5.01 Å². The highest BCUT2D eigenvalue weighted by Gasteiger charge is 2.34. The van der Waals surface area contributed by atoms with E-state index in [9.17, 15) is 9.59 Å². The Kier molecular flexibility index (Phi) is 6.41. The van der Waals surface area contributed by atoms with E-state index in [1.54, 1.807) is 18.3 Å². The van der Waals surface area contributed by atoms with E-state index in [1.165, 1.54) is 5.01 Å².